The van der Waals surface area contributed by atoms with E-state index in [9.17, 15) is 19.2 Å². The number of likely N-dealkylation sites (N-methyl/N-ethyl adjacent to an activating group) is 1. The number of barbiturate groups is 1. The Kier molecular flexibility index (Phi) is 7.73. The van der Waals surface area contributed by atoms with Crippen molar-refractivity contribution in [1.29, 1.82) is 0 Å². The van der Waals surface area contributed by atoms with Crippen LogP contribution in [0.1, 0.15) is 34.0 Å². The quantitative estimate of drug-likeness (QED) is 0.331. The lowest BCUT2D eigenvalue weighted by Gasteiger charge is -2.27. The average Bonchev–Trinajstić information content (AvgIpc) is 3.46. The maximum absolute atomic E-state index is 13.6. The van der Waals surface area contributed by atoms with Crippen molar-refractivity contribution in [3.05, 3.63) is 88.5 Å². The monoisotopic (exact) mass is 555 g/mol. The number of hydrogen-bond donors (Lipinski definition) is 1. The molecule has 0 spiro atoms. The standard InChI is InChI=1S/C31H29N3O7/c1-4-19-10-12-22(13-11-19)34-30(37)24(28(35)32-31(34)38)17-23-21(16-25-27(26(23)39-3)41-18-40-25)14-15-33(2)29(36)20-8-6-5-7-9-20/h5-13,16-17H,4,14-15,18H2,1-3H3,(H,32,35,38). The second kappa shape index (κ2) is 11.5. The Hall–Kier alpha value is -5.12. The number of urea groups is 1. The van der Waals surface area contributed by atoms with E-state index in [1.54, 1.807) is 54.4 Å². The summed E-state index contributed by atoms with van der Waals surface area (Å²) in [6, 6.07) is 16.8. The molecular weight excluding hydrogens is 526 g/mol. The molecule has 2 aliphatic rings. The van der Waals surface area contributed by atoms with Gasteiger partial charge in [-0.1, -0.05) is 37.3 Å². The Morgan fingerprint density at radius 2 is 1.80 bits per heavy atom. The number of aryl methyl sites for hydroxylation is 1. The molecule has 0 radical (unpaired) electrons. The molecule has 0 bridgehead atoms. The summed E-state index contributed by atoms with van der Waals surface area (Å²) in [5.74, 6) is -0.695. The maximum Gasteiger partial charge on any atom is 0.335 e. The van der Waals surface area contributed by atoms with E-state index in [0.717, 1.165) is 16.9 Å². The van der Waals surface area contributed by atoms with Gasteiger partial charge in [-0.25, -0.2) is 9.69 Å². The van der Waals surface area contributed by atoms with Crippen LogP contribution in [-0.2, 0) is 22.4 Å². The fraction of sp³-hybridized carbons (Fsp3) is 0.226. The number of rotatable bonds is 8. The van der Waals surface area contributed by atoms with Crippen molar-refractivity contribution in [3.63, 3.8) is 0 Å². The number of carbonyl (C=O) groups is 4. The summed E-state index contributed by atoms with van der Waals surface area (Å²) in [4.78, 5) is 54.7. The summed E-state index contributed by atoms with van der Waals surface area (Å²) in [5, 5.41) is 2.26. The molecule has 3 aromatic rings. The van der Waals surface area contributed by atoms with E-state index >= 15 is 0 Å². The van der Waals surface area contributed by atoms with E-state index in [1.807, 2.05) is 25.1 Å². The van der Waals surface area contributed by atoms with Crippen molar-refractivity contribution in [2.75, 3.05) is 32.4 Å². The highest BCUT2D eigenvalue weighted by molar-refractivity contribution is 6.39. The topological polar surface area (TPSA) is 114 Å². The number of methoxy groups -OCH3 is 1. The zero-order valence-electron chi connectivity index (χ0n) is 22.9. The third kappa shape index (κ3) is 5.36. The molecule has 0 aliphatic carbocycles. The number of anilines is 1. The van der Waals surface area contributed by atoms with Crippen LogP contribution >= 0.6 is 0 Å². The third-order valence-corrected chi connectivity index (χ3v) is 7.02. The molecule has 2 heterocycles. The van der Waals surface area contributed by atoms with Gasteiger partial charge in [0.25, 0.3) is 17.7 Å². The second-order valence-corrected chi connectivity index (χ2v) is 9.54. The summed E-state index contributed by atoms with van der Waals surface area (Å²) in [7, 11) is 3.14. The molecule has 5 amide bonds. The van der Waals surface area contributed by atoms with Gasteiger partial charge in [0.1, 0.15) is 5.57 Å². The van der Waals surface area contributed by atoms with Crippen LogP contribution < -0.4 is 24.4 Å². The van der Waals surface area contributed by atoms with Crippen molar-refractivity contribution in [2.24, 2.45) is 0 Å². The van der Waals surface area contributed by atoms with Crippen LogP contribution in [-0.4, -0.2) is 56.1 Å². The predicted molar refractivity (Wildman–Crippen MR) is 151 cm³/mol. The zero-order valence-corrected chi connectivity index (χ0v) is 22.9. The lowest BCUT2D eigenvalue weighted by atomic mass is 9.97. The highest BCUT2D eigenvalue weighted by atomic mass is 16.7. The Bertz CT molecular complexity index is 1550. The van der Waals surface area contributed by atoms with Gasteiger partial charge in [0.05, 0.1) is 12.8 Å². The van der Waals surface area contributed by atoms with Crippen LogP contribution in [0.5, 0.6) is 17.2 Å². The minimum absolute atomic E-state index is 0.0208. The normalized spacial score (nSPS) is 15.2. The molecule has 1 fully saturated rings. The second-order valence-electron chi connectivity index (χ2n) is 9.54. The lowest BCUT2D eigenvalue weighted by Crippen LogP contribution is -2.54. The number of imide groups is 2. The zero-order chi connectivity index (χ0) is 29.1. The van der Waals surface area contributed by atoms with Crippen LogP contribution in [0.25, 0.3) is 6.08 Å². The first-order valence-electron chi connectivity index (χ1n) is 13.1. The predicted octanol–water partition coefficient (Wildman–Crippen LogP) is 3.97. The Balaban J connectivity index is 1.51. The molecular formula is C31H29N3O7. The number of amides is 5. The number of nitrogens with one attached hydrogen (secondary N) is 1. The number of benzene rings is 3. The molecule has 1 saturated heterocycles. The molecule has 0 saturated carbocycles. The molecule has 210 valence electrons. The van der Waals surface area contributed by atoms with Crippen molar-refractivity contribution < 1.29 is 33.4 Å². The van der Waals surface area contributed by atoms with Crippen molar-refractivity contribution in [1.82, 2.24) is 10.2 Å². The van der Waals surface area contributed by atoms with Crippen LogP contribution in [0.15, 0.2) is 66.2 Å². The smallest absolute Gasteiger partial charge is 0.335 e. The molecule has 0 aromatic heterocycles. The van der Waals surface area contributed by atoms with Crippen LogP contribution in [0.2, 0.25) is 0 Å². The molecule has 10 nitrogen and oxygen atoms in total. The first-order chi connectivity index (χ1) is 19.8. The number of carbonyl (C=O) groups excluding carboxylic acids is 4. The summed E-state index contributed by atoms with van der Waals surface area (Å²) < 4.78 is 16.9. The molecule has 41 heavy (non-hydrogen) atoms. The Morgan fingerprint density at radius 1 is 1.07 bits per heavy atom. The highest BCUT2D eigenvalue weighted by Crippen LogP contribution is 2.46. The minimum atomic E-state index is -0.833. The van der Waals surface area contributed by atoms with Crippen LogP contribution in [0.4, 0.5) is 10.5 Å². The lowest BCUT2D eigenvalue weighted by molar-refractivity contribution is -0.122. The van der Waals surface area contributed by atoms with Gasteiger partial charge in [-0.3, -0.25) is 19.7 Å². The van der Waals surface area contributed by atoms with Gasteiger partial charge < -0.3 is 19.1 Å². The molecule has 3 aromatic carbocycles. The van der Waals surface area contributed by atoms with Gasteiger partial charge >= 0.3 is 6.03 Å². The van der Waals surface area contributed by atoms with Gasteiger partial charge in [0, 0.05) is 24.7 Å². The average molecular weight is 556 g/mol. The molecule has 5 rings (SSSR count). The third-order valence-electron chi connectivity index (χ3n) is 7.02. The summed E-state index contributed by atoms with van der Waals surface area (Å²) in [5.41, 5.74) is 2.74. The Morgan fingerprint density at radius 3 is 2.49 bits per heavy atom. The summed E-state index contributed by atoms with van der Waals surface area (Å²) in [6.45, 7) is 2.30. The highest BCUT2D eigenvalue weighted by Gasteiger charge is 2.37. The number of ether oxygens (including phenoxy) is 3. The van der Waals surface area contributed by atoms with Crippen molar-refractivity contribution in [3.8, 4) is 17.2 Å². The number of hydrogen-bond acceptors (Lipinski definition) is 7. The van der Waals surface area contributed by atoms with Crippen molar-refractivity contribution in [2.45, 2.75) is 19.8 Å². The van der Waals surface area contributed by atoms with E-state index in [2.05, 4.69) is 5.32 Å². The molecule has 2 aliphatic heterocycles. The fourth-order valence-corrected chi connectivity index (χ4v) is 4.75. The van der Waals surface area contributed by atoms with E-state index < -0.39 is 17.8 Å². The molecule has 10 heteroatoms. The van der Waals surface area contributed by atoms with Gasteiger partial charge in [0.15, 0.2) is 11.5 Å². The van der Waals surface area contributed by atoms with Gasteiger partial charge in [-0.2, -0.15) is 0 Å². The van der Waals surface area contributed by atoms with E-state index in [-0.39, 0.29) is 24.0 Å². The number of nitrogens with zero attached hydrogens (tertiary/aromatic N) is 2. The SMILES string of the molecule is CCc1ccc(N2C(=O)NC(=O)C(=Cc3c(CCN(C)C(=O)c4ccccc4)cc4c(c3OC)OCO4)C2=O)cc1. The first kappa shape index (κ1) is 27.4. The van der Waals surface area contributed by atoms with Gasteiger partial charge in [0.2, 0.25) is 12.5 Å². The largest absolute Gasteiger partial charge is 0.492 e. The van der Waals surface area contributed by atoms with E-state index in [4.69, 9.17) is 14.2 Å². The van der Waals surface area contributed by atoms with Gasteiger partial charge in [-0.15, -0.1) is 0 Å². The van der Waals surface area contributed by atoms with Gasteiger partial charge in [-0.05, 0) is 60.4 Å². The number of fused-ring (bicyclic) bond motifs is 1. The van der Waals surface area contributed by atoms with Crippen LogP contribution in [0, 0.1) is 0 Å². The Labute approximate surface area is 237 Å². The minimum Gasteiger partial charge on any atom is -0.492 e. The first-order valence-corrected chi connectivity index (χ1v) is 13.1. The fourth-order valence-electron chi connectivity index (χ4n) is 4.75. The maximum atomic E-state index is 13.6. The summed E-state index contributed by atoms with van der Waals surface area (Å²) >= 11 is 0. The molecule has 1 N–H and O–H groups in total. The molecule has 0 atom stereocenters. The van der Waals surface area contributed by atoms with Crippen molar-refractivity contribution >= 4 is 35.5 Å². The van der Waals surface area contributed by atoms with E-state index in [0.29, 0.717) is 46.8 Å². The van der Waals surface area contributed by atoms with E-state index in [1.165, 1.54) is 13.2 Å². The van der Waals surface area contributed by atoms with Crippen LogP contribution in [0.3, 0.4) is 0 Å². The summed E-state index contributed by atoms with van der Waals surface area (Å²) in [6.07, 6.45) is 2.54. The molecule has 0 unspecified atom stereocenters.